The molecule has 2 aliphatic heterocycles. The van der Waals surface area contributed by atoms with Crippen molar-refractivity contribution in [1.29, 1.82) is 5.26 Å². The number of H-pyrrole nitrogens is 1. The van der Waals surface area contributed by atoms with Gasteiger partial charge in [0.15, 0.2) is 11.5 Å². The van der Waals surface area contributed by atoms with Gasteiger partial charge >= 0.3 is 0 Å². The van der Waals surface area contributed by atoms with Gasteiger partial charge in [-0.05, 0) is 31.5 Å². The molecule has 0 saturated carbocycles. The van der Waals surface area contributed by atoms with Crippen LogP contribution in [0.3, 0.4) is 0 Å². The Hall–Kier alpha value is -2.96. The lowest BCUT2D eigenvalue weighted by Crippen LogP contribution is -2.44. The molecule has 2 saturated heterocycles. The van der Waals surface area contributed by atoms with E-state index in [1.807, 2.05) is 12.3 Å². The summed E-state index contributed by atoms with van der Waals surface area (Å²) in [4.78, 5) is 7.21. The lowest BCUT2D eigenvalue weighted by Gasteiger charge is -2.35. The molecule has 3 aromatic heterocycles. The highest BCUT2D eigenvalue weighted by Gasteiger charge is 2.39. The van der Waals surface area contributed by atoms with E-state index in [2.05, 4.69) is 44.6 Å². The first kappa shape index (κ1) is 17.2. The topological polar surface area (TPSA) is 108 Å². The highest BCUT2D eigenvalue weighted by atomic mass is 16.5. The fourth-order valence-electron chi connectivity index (χ4n) is 4.22. The van der Waals surface area contributed by atoms with E-state index in [0.29, 0.717) is 19.8 Å². The maximum absolute atomic E-state index is 10.1. The monoisotopic (exact) mass is 378 g/mol. The van der Waals surface area contributed by atoms with Gasteiger partial charge in [0.25, 0.3) is 0 Å². The molecule has 9 heteroatoms. The van der Waals surface area contributed by atoms with Gasteiger partial charge in [-0.1, -0.05) is 0 Å². The lowest BCUT2D eigenvalue weighted by molar-refractivity contribution is 0.0985. The van der Waals surface area contributed by atoms with Crippen molar-refractivity contribution in [3.05, 3.63) is 30.1 Å². The number of morpholine rings is 1. The van der Waals surface area contributed by atoms with Crippen molar-refractivity contribution in [3.63, 3.8) is 0 Å². The second kappa shape index (κ2) is 6.58. The average molecular weight is 378 g/mol. The third kappa shape index (κ3) is 2.57. The maximum atomic E-state index is 10.1. The Morgan fingerprint density at radius 1 is 1.43 bits per heavy atom. The third-order valence-electron chi connectivity index (χ3n) is 5.79. The molecule has 2 aliphatic rings. The van der Waals surface area contributed by atoms with Crippen LogP contribution < -0.4 is 10.2 Å². The van der Waals surface area contributed by atoms with Crippen molar-refractivity contribution in [2.24, 2.45) is 0 Å². The van der Waals surface area contributed by atoms with Crippen molar-refractivity contribution >= 4 is 16.9 Å². The molecule has 2 fully saturated rings. The van der Waals surface area contributed by atoms with Crippen LogP contribution in [0.25, 0.3) is 16.9 Å². The molecule has 0 radical (unpaired) electrons. The first-order valence-electron chi connectivity index (χ1n) is 9.57. The Bertz CT molecular complexity index is 1030. The van der Waals surface area contributed by atoms with Gasteiger partial charge in [0.2, 0.25) is 0 Å². The fraction of sp³-hybridized carbons (Fsp3) is 0.474. The Kier molecular flexibility index (Phi) is 4.03. The SMILES string of the molecule is C[C@@H]1COCCN1c1cc(C2(C#N)CCNC2)c2cnn(-c3ccn[nH]3)c2n1. The number of fused-ring (bicyclic) bond motifs is 1. The lowest BCUT2D eigenvalue weighted by atomic mass is 9.80. The van der Waals surface area contributed by atoms with Gasteiger partial charge in [0.1, 0.15) is 5.82 Å². The second-order valence-electron chi connectivity index (χ2n) is 7.50. The highest BCUT2D eigenvalue weighted by Crippen LogP contribution is 2.37. The molecular formula is C19H22N8O. The van der Waals surface area contributed by atoms with Crippen LogP contribution in [0.2, 0.25) is 0 Å². The van der Waals surface area contributed by atoms with Gasteiger partial charge < -0.3 is 15.0 Å². The Morgan fingerprint density at radius 2 is 2.36 bits per heavy atom. The van der Waals surface area contributed by atoms with Crippen molar-refractivity contribution < 1.29 is 4.74 Å². The minimum Gasteiger partial charge on any atom is -0.377 e. The smallest absolute Gasteiger partial charge is 0.167 e. The van der Waals surface area contributed by atoms with Crippen LogP contribution in [0, 0.1) is 11.3 Å². The molecule has 0 bridgehead atoms. The quantitative estimate of drug-likeness (QED) is 0.703. The summed E-state index contributed by atoms with van der Waals surface area (Å²) in [6.07, 6.45) is 4.27. The molecule has 9 nitrogen and oxygen atoms in total. The standard InChI is InChI=1S/C19H22N8O/c1-13-10-28-7-6-26(13)17-8-15(19(11-20)3-5-21-12-19)14-9-23-27(18(14)24-17)16-2-4-22-25-16/h2,4,8-9,13,21H,3,5-7,10,12H2,1H3,(H,22,25)/t13-,19?/m1/s1. The molecule has 5 heterocycles. The summed E-state index contributed by atoms with van der Waals surface area (Å²) >= 11 is 0. The number of rotatable bonds is 3. The molecule has 1 unspecified atom stereocenters. The van der Waals surface area contributed by atoms with Crippen LogP contribution in [-0.2, 0) is 10.2 Å². The minimum atomic E-state index is -0.576. The first-order valence-corrected chi connectivity index (χ1v) is 9.57. The fourth-order valence-corrected chi connectivity index (χ4v) is 4.22. The number of ether oxygens (including phenoxy) is 1. The van der Waals surface area contributed by atoms with Crippen LogP contribution in [0.5, 0.6) is 0 Å². The van der Waals surface area contributed by atoms with E-state index < -0.39 is 5.41 Å². The summed E-state index contributed by atoms with van der Waals surface area (Å²) < 4.78 is 7.35. The summed E-state index contributed by atoms with van der Waals surface area (Å²) in [5, 5.41) is 25.9. The van der Waals surface area contributed by atoms with Crippen LogP contribution in [0.4, 0.5) is 5.82 Å². The van der Waals surface area contributed by atoms with Crippen molar-refractivity contribution in [3.8, 4) is 11.9 Å². The van der Waals surface area contributed by atoms with Gasteiger partial charge in [0.05, 0.1) is 43.1 Å². The molecule has 2 N–H and O–H groups in total. The van der Waals surface area contributed by atoms with E-state index in [9.17, 15) is 5.26 Å². The number of hydrogen-bond acceptors (Lipinski definition) is 7. The largest absolute Gasteiger partial charge is 0.377 e. The van der Waals surface area contributed by atoms with E-state index in [4.69, 9.17) is 9.72 Å². The highest BCUT2D eigenvalue weighted by molar-refractivity contribution is 5.84. The normalized spacial score (nSPS) is 25.3. The van der Waals surface area contributed by atoms with Crippen molar-refractivity contribution in [1.82, 2.24) is 30.3 Å². The maximum Gasteiger partial charge on any atom is 0.167 e. The van der Waals surface area contributed by atoms with Crippen LogP contribution in [0.15, 0.2) is 24.5 Å². The van der Waals surface area contributed by atoms with Crippen LogP contribution >= 0.6 is 0 Å². The zero-order valence-corrected chi connectivity index (χ0v) is 15.7. The average Bonchev–Trinajstić information content (AvgIpc) is 3.47. The number of pyridine rings is 1. The minimum absolute atomic E-state index is 0.217. The van der Waals surface area contributed by atoms with Crippen molar-refractivity contribution in [2.75, 3.05) is 37.7 Å². The molecule has 3 aromatic rings. The number of aromatic amines is 1. The Labute approximate surface area is 162 Å². The van der Waals surface area contributed by atoms with E-state index in [1.165, 1.54) is 0 Å². The number of aromatic nitrogens is 5. The Morgan fingerprint density at radius 3 is 3.07 bits per heavy atom. The number of hydrogen-bond donors (Lipinski definition) is 2. The van der Waals surface area contributed by atoms with Gasteiger partial charge in [-0.2, -0.15) is 20.1 Å². The predicted octanol–water partition coefficient (Wildman–Crippen LogP) is 1.12. The summed E-state index contributed by atoms with van der Waals surface area (Å²) in [6, 6.07) is 6.74. The van der Waals surface area contributed by atoms with Gasteiger partial charge in [0, 0.05) is 24.5 Å². The Balaban J connectivity index is 1.75. The zero-order chi connectivity index (χ0) is 19.1. The molecule has 0 aromatic carbocycles. The van der Waals surface area contributed by atoms with Gasteiger partial charge in [-0.15, -0.1) is 0 Å². The van der Waals surface area contributed by atoms with E-state index in [0.717, 1.165) is 47.7 Å². The molecule has 2 atom stereocenters. The molecule has 28 heavy (non-hydrogen) atoms. The first-order chi connectivity index (χ1) is 13.7. The number of nitrogens with one attached hydrogen (secondary N) is 2. The molecule has 0 aliphatic carbocycles. The number of nitriles is 1. The summed E-state index contributed by atoms with van der Waals surface area (Å²) in [7, 11) is 0. The zero-order valence-electron chi connectivity index (χ0n) is 15.7. The molecule has 0 spiro atoms. The molecular weight excluding hydrogens is 356 g/mol. The summed E-state index contributed by atoms with van der Waals surface area (Å²) in [5.41, 5.74) is 1.15. The molecule has 0 amide bonds. The van der Waals surface area contributed by atoms with E-state index in [-0.39, 0.29) is 6.04 Å². The molecule has 5 rings (SSSR count). The van der Waals surface area contributed by atoms with E-state index >= 15 is 0 Å². The van der Waals surface area contributed by atoms with Crippen LogP contribution in [-0.4, -0.2) is 63.9 Å². The van der Waals surface area contributed by atoms with Crippen molar-refractivity contribution in [2.45, 2.75) is 24.8 Å². The number of anilines is 1. The second-order valence-corrected chi connectivity index (χ2v) is 7.50. The summed E-state index contributed by atoms with van der Waals surface area (Å²) in [5.74, 6) is 1.61. The van der Waals surface area contributed by atoms with Gasteiger partial charge in [-0.3, -0.25) is 5.10 Å². The van der Waals surface area contributed by atoms with E-state index in [1.54, 1.807) is 10.9 Å². The third-order valence-corrected chi connectivity index (χ3v) is 5.79. The number of nitrogens with zero attached hydrogens (tertiary/aromatic N) is 6. The van der Waals surface area contributed by atoms with Gasteiger partial charge in [-0.25, -0.2) is 4.98 Å². The van der Waals surface area contributed by atoms with Crippen LogP contribution in [0.1, 0.15) is 18.9 Å². The predicted molar refractivity (Wildman–Crippen MR) is 103 cm³/mol. The summed E-state index contributed by atoms with van der Waals surface area (Å²) in [6.45, 7) is 5.71. The molecule has 144 valence electrons.